The third kappa shape index (κ3) is 2.91. The van der Waals surface area contributed by atoms with Crippen molar-refractivity contribution in [3.05, 3.63) is 39.3 Å². The molecule has 3 unspecified atom stereocenters. The molecule has 9 nitrogen and oxygen atoms in total. The lowest BCUT2D eigenvalue weighted by Crippen LogP contribution is -2.50. The zero-order valence-corrected chi connectivity index (χ0v) is 16.4. The molecule has 1 aromatic heterocycles. The molecule has 0 aliphatic heterocycles. The molecule has 1 heterocycles. The van der Waals surface area contributed by atoms with Crippen LogP contribution in [0, 0.1) is 5.92 Å². The molecule has 2 aromatic rings. The number of hydrogen-bond acceptors (Lipinski definition) is 7. The quantitative estimate of drug-likeness (QED) is 0.648. The number of rotatable bonds is 5. The highest BCUT2D eigenvalue weighted by atomic mass is 16.5. The van der Waals surface area contributed by atoms with E-state index in [-0.39, 0.29) is 12.0 Å². The van der Waals surface area contributed by atoms with E-state index in [1.165, 1.54) is 28.4 Å². The van der Waals surface area contributed by atoms with Crippen LogP contribution in [-0.2, 0) is 16.0 Å². The summed E-state index contributed by atoms with van der Waals surface area (Å²) >= 11 is 0. The highest BCUT2D eigenvalue weighted by Gasteiger charge is 2.52. The van der Waals surface area contributed by atoms with Gasteiger partial charge in [-0.2, -0.15) is 0 Å². The van der Waals surface area contributed by atoms with Crippen molar-refractivity contribution in [1.29, 1.82) is 0 Å². The number of esters is 1. The Morgan fingerprint density at radius 2 is 1.79 bits per heavy atom. The predicted molar refractivity (Wildman–Crippen MR) is 99.2 cm³/mol. The molecule has 0 radical (unpaired) electrons. The van der Waals surface area contributed by atoms with Gasteiger partial charge < -0.3 is 29.2 Å². The summed E-state index contributed by atoms with van der Waals surface area (Å²) < 4.78 is 21.3. The molecule has 1 aliphatic carbocycles. The molecular weight excluding hydrogens is 368 g/mol. The van der Waals surface area contributed by atoms with Gasteiger partial charge in [0.25, 0.3) is 5.56 Å². The van der Waals surface area contributed by atoms with E-state index in [1.807, 2.05) is 0 Å². The number of methoxy groups -OCH3 is 4. The van der Waals surface area contributed by atoms with Crippen LogP contribution < -0.4 is 19.8 Å². The van der Waals surface area contributed by atoms with Crippen LogP contribution in [0.25, 0.3) is 0 Å². The second-order valence-electron chi connectivity index (χ2n) is 6.91. The molecule has 0 saturated heterocycles. The number of aromatic nitrogens is 2. The smallest absolute Gasteiger partial charge is 0.312 e. The van der Waals surface area contributed by atoms with Crippen molar-refractivity contribution >= 4 is 5.97 Å². The minimum Gasteiger partial charge on any atom is -0.493 e. The minimum atomic E-state index is -1.46. The Kier molecular flexibility index (Phi) is 5.12. The molecule has 1 aliphatic rings. The largest absolute Gasteiger partial charge is 0.493 e. The summed E-state index contributed by atoms with van der Waals surface area (Å²) in [5, 5.41) is 16.4. The van der Waals surface area contributed by atoms with Crippen LogP contribution in [0.2, 0.25) is 0 Å². The highest BCUT2D eigenvalue weighted by Crippen LogP contribution is 2.50. The van der Waals surface area contributed by atoms with Crippen molar-refractivity contribution in [3.8, 4) is 17.2 Å². The molecule has 0 fully saturated rings. The van der Waals surface area contributed by atoms with E-state index < -0.39 is 23.4 Å². The Morgan fingerprint density at radius 1 is 1.11 bits per heavy atom. The maximum atomic E-state index is 12.7. The van der Waals surface area contributed by atoms with Crippen LogP contribution in [0.3, 0.4) is 0 Å². The fraction of sp³-hybridized carbons (Fsp3) is 0.474. The van der Waals surface area contributed by atoms with Crippen LogP contribution in [0.5, 0.6) is 17.2 Å². The van der Waals surface area contributed by atoms with E-state index >= 15 is 0 Å². The van der Waals surface area contributed by atoms with E-state index in [2.05, 4.69) is 10.2 Å². The molecule has 3 rings (SSSR count). The Morgan fingerprint density at radius 3 is 2.36 bits per heavy atom. The second-order valence-corrected chi connectivity index (χ2v) is 6.91. The van der Waals surface area contributed by atoms with Gasteiger partial charge in [0.2, 0.25) is 5.75 Å². The topological polar surface area (TPSA) is 123 Å². The third-order valence-electron chi connectivity index (χ3n) is 5.27. The van der Waals surface area contributed by atoms with E-state index in [9.17, 15) is 14.7 Å². The van der Waals surface area contributed by atoms with Crippen LogP contribution >= 0.6 is 0 Å². The van der Waals surface area contributed by atoms with Crippen LogP contribution in [0.15, 0.2) is 16.9 Å². The first-order valence-corrected chi connectivity index (χ1v) is 8.69. The van der Waals surface area contributed by atoms with Crippen molar-refractivity contribution in [1.82, 2.24) is 10.2 Å². The number of carbonyl (C=O) groups is 1. The number of aromatic amines is 2. The first kappa shape index (κ1) is 19.8. The Balaban J connectivity index is 2.35. The van der Waals surface area contributed by atoms with E-state index in [0.29, 0.717) is 34.1 Å². The van der Waals surface area contributed by atoms with Gasteiger partial charge in [-0.25, -0.2) is 0 Å². The number of hydrogen-bond donors (Lipinski definition) is 3. The Labute approximate surface area is 161 Å². The molecule has 0 bridgehead atoms. The monoisotopic (exact) mass is 392 g/mol. The van der Waals surface area contributed by atoms with Gasteiger partial charge in [0, 0.05) is 29.2 Å². The molecule has 0 spiro atoms. The maximum absolute atomic E-state index is 12.7. The fourth-order valence-corrected chi connectivity index (χ4v) is 4.09. The first-order chi connectivity index (χ1) is 13.3. The van der Waals surface area contributed by atoms with Crippen molar-refractivity contribution in [2.45, 2.75) is 24.9 Å². The lowest BCUT2D eigenvalue weighted by atomic mass is 9.66. The van der Waals surface area contributed by atoms with E-state index in [1.54, 1.807) is 19.1 Å². The van der Waals surface area contributed by atoms with Crippen LogP contribution in [0.4, 0.5) is 0 Å². The average Bonchev–Trinajstić information content (AvgIpc) is 3.03. The molecule has 3 atom stereocenters. The van der Waals surface area contributed by atoms with Gasteiger partial charge in [0.05, 0.1) is 40.0 Å². The number of fused-ring (bicyclic) bond motifs is 1. The van der Waals surface area contributed by atoms with Gasteiger partial charge in [-0.05, 0) is 13.0 Å². The molecule has 9 heteroatoms. The van der Waals surface area contributed by atoms with Gasteiger partial charge >= 0.3 is 5.97 Å². The fourth-order valence-electron chi connectivity index (χ4n) is 4.09. The number of benzene rings is 1. The summed E-state index contributed by atoms with van der Waals surface area (Å²) in [6.45, 7) is 1.54. The van der Waals surface area contributed by atoms with E-state index in [0.717, 1.165) is 0 Å². The van der Waals surface area contributed by atoms with Crippen LogP contribution in [-0.4, -0.2) is 55.3 Å². The van der Waals surface area contributed by atoms with Gasteiger partial charge in [0.15, 0.2) is 11.5 Å². The van der Waals surface area contributed by atoms with Gasteiger partial charge in [-0.15, -0.1) is 0 Å². The first-order valence-electron chi connectivity index (χ1n) is 8.69. The SMILES string of the molecule is COC(=O)C1C(c2ccc(OC)c(OC)c2OC)c2c([nH][nH]c2=O)CC1(C)O. The lowest BCUT2D eigenvalue weighted by molar-refractivity contribution is -0.156. The highest BCUT2D eigenvalue weighted by molar-refractivity contribution is 5.77. The third-order valence-corrected chi connectivity index (χ3v) is 5.27. The van der Waals surface area contributed by atoms with Crippen molar-refractivity contribution in [2.75, 3.05) is 28.4 Å². The zero-order chi connectivity index (χ0) is 20.6. The molecular formula is C19H24N2O7. The Bertz CT molecular complexity index is 944. The maximum Gasteiger partial charge on any atom is 0.312 e. The van der Waals surface area contributed by atoms with Crippen molar-refractivity contribution < 1.29 is 28.8 Å². The molecule has 28 heavy (non-hydrogen) atoms. The summed E-state index contributed by atoms with van der Waals surface area (Å²) in [4.78, 5) is 25.3. The number of H-pyrrole nitrogens is 2. The molecule has 152 valence electrons. The molecule has 1 aromatic carbocycles. The summed E-state index contributed by atoms with van der Waals surface area (Å²) in [6, 6.07) is 3.35. The summed E-state index contributed by atoms with van der Waals surface area (Å²) in [7, 11) is 5.66. The number of carbonyl (C=O) groups excluding carboxylic acids is 1. The predicted octanol–water partition coefficient (Wildman–Crippen LogP) is 0.957. The summed E-state index contributed by atoms with van der Waals surface area (Å²) in [6.07, 6.45) is 0.0902. The van der Waals surface area contributed by atoms with Gasteiger partial charge in [-0.3, -0.25) is 14.7 Å². The van der Waals surface area contributed by atoms with E-state index in [4.69, 9.17) is 18.9 Å². The lowest BCUT2D eigenvalue weighted by Gasteiger charge is -2.40. The molecule has 0 amide bonds. The molecule has 3 N–H and O–H groups in total. The standard InChI is InChI=1S/C19H24N2O7/c1-19(24)8-10-13(17(22)21-20-10)12(14(19)18(23)28-5)9-6-7-11(25-2)16(27-4)15(9)26-3/h6-7,12,14,24H,8H2,1-5H3,(H2,20,21,22). The second kappa shape index (κ2) is 7.23. The van der Waals surface area contributed by atoms with Gasteiger partial charge in [-0.1, -0.05) is 6.07 Å². The Hall–Kier alpha value is -2.94. The number of nitrogens with one attached hydrogen (secondary N) is 2. The van der Waals surface area contributed by atoms with Crippen molar-refractivity contribution in [2.24, 2.45) is 5.92 Å². The van der Waals surface area contributed by atoms with Crippen LogP contribution in [0.1, 0.15) is 29.7 Å². The van der Waals surface area contributed by atoms with Gasteiger partial charge in [0.1, 0.15) is 0 Å². The number of aliphatic hydroxyl groups is 1. The molecule has 0 saturated carbocycles. The number of ether oxygens (including phenoxy) is 4. The normalized spacial score (nSPS) is 23.6. The minimum absolute atomic E-state index is 0.0902. The average molecular weight is 392 g/mol. The van der Waals surface area contributed by atoms with Crippen molar-refractivity contribution in [3.63, 3.8) is 0 Å². The summed E-state index contributed by atoms with van der Waals surface area (Å²) in [5.41, 5.74) is -0.457. The zero-order valence-electron chi connectivity index (χ0n) is 16.4. The summed E-state index contributed by atoms with van der Waals surface area (Å²) in [5.74, 6) is -1.42.